The van der Waals surface area contributed by atoms with E-state index in [1.807, 2.05) is 6.07 Å². The van der Waals surface area contributed by atoms with Crippen molar-refractivity contribution in [2.45, 2.75) is 32.7 Å². The molecule has 2 N–H and O–H groups in total. The zero-order valence-electron chi connectivity index (χ0n) is 13.6. The number of fused-ring (bicyclic) bond motifs is 1. The first-order chi connectivity index (χ1) is 11.7. The molecule has 7 heteroatoms. The highest BCUT2D eigenvalue weighted by atomic mass is 16.1. The van der Waals surface area contributed by atoms with E-state index in [2.05, 4.69) is 40.4 Å². The highest BCUT2D eigenvalue weighted by Crippen LogP contribution is 2.22. The van der Waals surface area contributed by atoms with Gasteiger partial charge >= 0.3 is 5.69 Å². The number of hydrogen-bond acceptors (Lipinski definition) is 5. The molecule has 0 bridgehead atoms. The second kappa shape index (κ2) is 6.54. The van der Waals surface area contributed by atoms with E-state index >= 15 is 0 Å². The Bertz CT molecular complexity index is 961. The molecule has 2 heterocycles. The number of nitriles is 1. The minimum absolute atomic E-state index is 0.244. The molecular formula is C17H18N6O. The van der Waals surface area contributed by atoms with E-state index in [-0.39, 0.29) is 11.7 Å². The van der Waals surface area contributed by atoms with Gasteiger partial charge in [-0.15, -0.1) is 5.10 Å². The number of anilines is 1. The smallest absolute Gasteiger partial charge is 0.347 e. The predicted molar refractivity (Wildman–Crippen MR) is 91.8 cm³/mol. The van der Waals surface area contributed by atoms with Crippen molar-refractivity contribution in [3.8, 4) is 17.3 Å². The van der Waals surface area contributed by atoms with Gasteiger partial charge in [0.15, 0.2) is 5.82 Å². The lowest BCUT2D eigenvalue weighted by atomic mass is 10.1. The standard InChI is InChI=1S/C17H18N6O/c1-3-13(4-2)19-15-16-21-22-17(24)23(16)10-14(20-15)12-7-5-6-11(8-12)9-18/h5-8,10,13H,3-4H2,1-2H3,(H,19,20)(H,22,24). The number of aromatic nitrogens is 4. The van der Waals surface area contributed by atoms with E-state index in [1.165, 1.54) is 4.40 Å². The largest absolute Gasteiger partial charge is 0.364 e. The zero-order valence-corrected chi connectivity index (χ0v) is 13.6. The van der Waals surface area contributed by atoms with Crippen molar-refractivity contribution < 1.29 is 0 Å². The number of hydrogen-bond donors (Lipinski definition) is 2. The molecule has 1 aromatic carbocycles. The summed E-state index contributed by atoms with van der Waals surface area (Å²) in [4.78, 5) is 16.6. The lowest BCUT2D eigenvalue weighted by molar-refractivity contribution is 0.668. The number of nitrogens with one attached hydrogen (secondary N) is 2. The molecule has 7 nitrogen and oxygen atoms in total. The molecule has 0 saturated heterocycles. The molecule has 0 unspecified atom stereocenters. The Labute approximate surface area is 139 Å². The summed E-state index contributed by atoms with van der Waals surface area (Å²) >= 11 is 0. The van der Waals surface area contributed by atoms with Gasteiger partial charge in [-0.2, -0.15) is 5.26 Å². The fourth-order valence-electron chi connectivity index (χ4n) is 2.58. The van der Waals surface area contributed by atoms with Gasteiger partial charge in [0, 0.05) is 17.8 Å². The molecule has 0 spiro atoms. The van der Waals surface area contributed by atoms with Gasteiger partial charge in [0.05, 0.1) is 17.3 Å². The van der Waals surface area contributed by atoms with Crippen molar-refractivity contribution in [1.82, 2.24) is 19.6 Å². The fourth-order valence-corrected chi connectivity index (χ4v) is 2.58. The van der Waals surface area contributed by atoms with Gasteiger partial charge in [-0.3, -0.25) is 0 Å². The topological polar surface area (TPSA) is 98.9 Å². The van der Waals surface area contributed by atoms with Crippen LogP contribution in [0.3, 0.4) is 0 Å². The maximum Gasteiger partial charge on any atom is 0.347 e. The van der Waals surface area contributed by atoms with Gasteiger partial charge in [-0.05, 0) is 25.0 Å². The Morgan fingerprint density at radius 3 is 2.88 bits per heavy atom. The van der Waals surface area contributed by atoms with Crippen LogP contribution in [0.5, 0.6) is 0 Å². The number of benzene rings is 1. The van der Waals surface area contributed by atoms with Crippen LogP contribution >= 0.6 is 0 Å². The molecule has 0 saturated carbocycles. The van der Waals surface area contributed by atoms with Crippen molar-refractivity contribution in [3.63, 3.8) is 0 Å². The van der Waals surface area contributed by atoms with Crippen LogP contribution in [0.4, 0.5) is 5.82 Å². The molecule has 0 aliphatic carbocycles. The molecule has 2 aromatic heterocycles. The quantitative estimate of drug-likeness (QED) is 0.752. The Kier molecular flexibility index (Phi) is 4.29. The monoisotopic (exact) mass is 322 g/mol. The Morgan fingerprint density at radius 2 is 2.17 bits per heavy atom. The summed E-state index contributed by atoms with van der Waals surface area (Å²) in [6.45, 7) is 4.19. The number of nitrogens with zero attached hydrogens (tertiary/aromatic N) is 4. The second-order valence-corrected chi connectivity index (χ2v) is 5.55. The van der Waals surface area contributed by atoms with Crippen LogP contribution in [0.2, 0.25) is 0 Å². The predicted octanol–water partition coefficient (Wildman–Crippen LogP) is 2.56. The van der Waals surface area contributed by atoms with Gasteiger partial charge in [0.1, 0.15) is 0 Å². The highest BCUT2D eigenvalue weighted by molar-refractivity contribution is 5.69. The lowest BCUT2D eigenvalue weighted by Crippen LogP contribution is -2.19. The molecule has 0 fully saturated rings. The van der Waals surface area contributed by atoms with Crippen LogP contribution in [0, 0.1) is 11.3 Å². The third-order valence-electron chi connectivity index (χ3n) is 4.01. The van der Waals surface area contributed by atoms with Crippen LogP contribution in [-0.4, -0.2) is 25.6 Å². The maximum absolute atomic E-state index is 12.0. The van der Waals surface area contributed by atoms with E-state index in [1.54, 1.807) is 24.4 Å². The molecular weight excluding hydrogens is 304 g/mol. The average Bonchev–Trinajstić information content (AvgIpc) is 3.00. The first kappa shape index (κ1) is 15.7. The van der Waals surface area contributed by atoms with E-state index in [4.69, 9.17) is 5.26 Å². The molecule has 3 rings (SSSR count). The van der Waals surface area contributed by atoms with E-state index in [0.717, 1.165) is 18.4 Å². The van der Waals surface area contributed by atoms with Crippen LogP contribution in [0.15, 0.2) is 35.3 Å². The van der Waals surface area contributed by atoms with Gasteiger partial charge < -0.3 is 5.32 Å². The summed E-state index contributed by atoms with van der Waals surface area (Å²) in [6, 6.07) is 9.50. The number of aromatic amines is 1. The molecule has 3 aromatic rings. The summed E-state index contributed by atoms with van der Waals surface area (Å²) in [5, 5.41) is 18.9. The molecule has 0 atom stereocenters. The number of rotatable bonds is 5. The highest BCUT2D eigenvalue weighted by Gasteiger charge is 2.14. The Hall–Kier alpha value is -3.14. The second-order valence-electron chi connectivity index (χ2n) is 5.55. The van der Waals surface area contributed by atoms with Gasteiger partial charge in [-0.25, -0.2) is 19.3 Å². The zero-order chi connectivity index (χ0) is 17.1. The van der Waals surface area contributed by atoms with Crippen LogP contribution in [-0.2, 0) is 0 Å². The minimum Gasteiger partial charge on any atom is -0.364 e. The molecule has 0 amide bonds. The molecule has 0 aliphatic heterocycles. The molecule has 122 valence electrons. The van der Waals surface area contributed by atoms with Gasteiger partial charge in [0.25, 0.3) is 0 Å². The third-order valence-corrected chi connectivity index (χ3v) is 4.01. The Morgan fingerprint density at radius 1 is 1.38 bits per heavy atom. The van der Waals surface area contributed by atoms with Crippen LogP contribution in [0.1, 0.15) is 32.3 Å². The number of H-pyrrole nitrogens is 1. The van der Waals surface area contributed by atoms with Crippen molar-refractivity contribution >= 4 is 11.5 Å². The van der Waals surface area contributed by atoms with Crippen molar-refractivity contribution in [3.05, 3.63) is 46.5 Å². The summed E-state index contributed by atoms with van der Waals surface area (Å²) in [7, 11) is 0. The van der Waals surface area contributed by atoms with Crippen molar-refractivity contribution in [1.29, 1.82) is 5.26 Å². The van der Waals surface area contributed by atoms with Crippen molar-refractivity contribution in [2.24, 2.45) is 0 Å². The SMILES string of the molecule is CCC(CC)Nc1nc(-c2cccc(C#N)c2)cn2c(=O)[nH]nc12. The summed E-state index contributed by atoms with van der Waals surface area (Å²) < 4.78 is 1.44. The van der Waals surface area contributed by atoms with Gasteiger partial charge in [0.2, 0.25) is 5.65 Å². The Balaban J connectivity index is 2.17. The molecule has 24 heavy (non-hydrogen) atoms. The third kappa shape index (κ3) is 2.86. The van der Waals surface area contributed by atoms with Gasteiger partial charge in [-0.1, -0.05) is 26.0 Å². The lowest BCUT2D eigenvalue weighted by Gasteiger charge is -2.16. The van der Waals surface area contributed by atoms with Crippen LogP contribution < -0.4 is 11.0 Å². The first-order valence-corrected chi connectivity index (χ1v) is 7.91. The molecule has 0 radical (unpaired) electrons. The minimum atomic E-state index is -0.322. The summed E-state index contributed by atoms with van der Waals surface area (Å²) in [5.74, 6) is 0.557. The van der Waals surface area contributed by atoms with E-state index < -0.39 is 0 Å². The average molecular weight is 322 g/mol. The molecule has 0 aliphatic rings. The van der Waals surface area contributed by atoms with Crippen LogP contribution in [0.25, 0.3) is 16.9 Å². The normalized spacial score (nSPS) is 10.9. The summed E-state index contributed by atoms with van der Waals surface area (Å²) in [6.07, 6.45) is 3.51. The maximum atomic E-state index is 12.0. The first-order valence-electron chi connectivity index (χ1n) is 7.91. The van der Waals surface area contributed by atoms with E-state index in [9.17, 15) is 4.79 Å². The fraction of sp³-hybridized carbons (Fsp3) is 0.294. The van der Waals surface area contributed by atoms with Crippen molar-refractivity contribution in [2.75, 3.05) is 5.32 Å². The van der Waals surface area contributed by atoms with E-state index in [0.29, 0.717) is 22.7 Å². The summed E-state index contributed by atoms with van der Waals surface area (Å²) in [5.41, 5.74) is 2.07.